The van der Waals surface area contributed by atoms with Gasteiger partial charge in [0.15, 0.2) is 0 Å². The summed E-state index contributed by atoms with van der Waals surface area (Å²) in [6.45, 7) is 5.75. The minimum Gasteiger partial charge on any atom is -0.354 e. The van der Waals surface area contributed by atoms with Gasteiger partial charge >= 0.3 is 0 Å². The maximum atomic E-state index is 12.8. The van der Waals surface area contributed by atoms with Gasteiger partial charge in [0.05, 0.1) is 5.25 Å². The van der Waals surface area contributed by atoms with Gasteiger partial charge in [0.25, 0.3) is 0 Å². The number of anilines is 1. The summed E-state index contributed by atoms with van der Waals surface area (Å²) in [7, 11) is 0. The van der Waals surface area contributed by atoms with Crippen molar-refractivity contribution in [2.24, 2.45) is 0 Å². The molecule has 0 aromatic heterocycles. The Bertz CT molecular complexity index is 670. The zero-order valence-electron chi connectivity index (χ0n) is 16.3. The fourth-order valence-corrected chi connectivity index (χ4v) is 4.18. The van der Waals surface area contributed by atoms with Gasteiger partial charge in [-0.3, -0.25) is 14.4 Å². The van der Waals surface area contributed by atoms with Crippen LogP contribution in [0.5, 0.6) is 0 Å². The molecular weight excluding hydrogens is 362 g/mol. The van der Waals surface area contributed by atoms with Crippen LogP contribution in [0.1, 0.15) is 52.9 Å². The van der Waals surface area contributed by atoms with Crippen LogP contribution in [0.25, 0.3) is 0 Å². The Morgan fingerprint density at radius 1 is 1.11 bits per heavy atom. The third kappa shape index (κ3) is 5.99. The molecule has 1 aliphatic carbocycles. The summed E-state index contributed by atoms with van der Waals surface area (Å²) >= 11 is 1.44. The highest BCUT2D eigenvalue weighted by Gasteiger charge is 2.41. The van der Waals surface area contributed by atoms with E-state index in [1.807, 2.05) is 38.1 Å². The van der Waals surface area contributed by atoms with Crippen molar-refractivity contribution in [3.8, 4) is 0 Å². The first-order chi connectivity index (χ1) is 12.9. The second kappa shape index (κ2) is 9.78. The Hall–Kier alpha value is -2.02. The number of hydrogen-bond acceptors (Lipinski definition) is 4. The van der Waals surface area contributed by atoms with Gasteiger partial charge in [0.1, 0.15) is 5.54 Å². The van der Waals surface area contributed by atoms with Gasteiger partial charge in [0.2, 0.25) is 17.7 Å². The van der Waals surface area contributed by atoms with Gasteiger partial charge in [-0.05, 0) is 51.0 Å². The molecule has 0 radical (unpaired) electrons. The van der Waals surface area contributed by atoms with E-state index in [0.29, 0.717) is 19.4 Å². The highest BCUT2D eigenvalue weighted by atomic mass is 32.2. The van der Waals surface area contributed by atoms with E-state index in [0.717, 1.165) is 29.8 Å². The number of carbonyl (C=O) groups is 3. The topological polar surface area (TPSA) is 87.3 Å². The standard InChI is InChI=1S/C20H29N3O3S/c1-4-21-19(26)20(12-6-5-7-13-20)23-18(25)14(2)27-17-10-8-16(9-11-17)22-15(3)24/h8-11,14H,4-7,12-13H2,1-3H3,(H,21,26)(H,22,24)(H,23,25). The first-order valence-electron chi connectivity index (χ1n) is 9.51. The molecule has 7 heteroatoms. The highest BCUT2D eigenvalue weighted by molar-refractivity contribution is 8.00. The van der Waals surface area contributed by atoms with Gasteiger partial charge < -0.3 is 16.0 Å². The molecule has 1 atom stereocenters. The van der Waals surface area contributed by atoms with Gasteiger partial charge in [-0.2, -0.15) is 0 Å². The molecule has 3 amide bonds. The van der Waals surface area contributed by atoms with Crippen LogP contribution in [0.2, 0.25) is 0 Å². The molecule has 0 spiro atoms. The quantitative estimate of drug-likeness (QED) is 0.624. The SMILES string of the molecule is CCNC(=O)C1(NC(=O)C(C)Sc2ccc(NC(C)=O)cc2)CCCCC1. The van der Waals surface area contributed by atoms with E-state index >= 15 is 0 Å². The molecule has 3 N–H and O–H groups in total. The lowest BCUT2D eigenvalue weighted by Gasteiger charge is -2.37. The Balaban J connectivity index is 2.00. The monoisotopic (exact) mass is 391 g/mol. The molecule has 0 bridgehead atoms. The lowest BCUT2D eigenvalue weighted by atomic mass is 9.80. The van der Waals surface area contributed by atoms with Crippen LogP contribution in [-0.4, -0.2) is 35.1 Å². The molecule has 1 saturated carbocycles. The molecule has 27 heavy (non-hydrogen) atoms. The predicted molar refractivity (Wildman–Crippen MR) is 109 cm³/mol. The molecule has 1 aromatic rings. The van der Waals surface area contributed by atoms with Crippen molar-refractivity contribution in [3.05, 3.63) is 24.3 Å². The normalized spacial score (nSPS) is 16.9. The average molecular weight is 392 g/mol. The van der Waals surface area contributed by atoms with Crippen molar-refractivity contribution in [2.45, 2.75) is 68.6 Å². The van der Waals surface area contributed by atoms with Crippen molar-refractivity contribution in [1.29, 1.82) is 0 Å². The molecule has 1 aromatic carbocycles. The van der Waals surface area contributed by atoms with E-state index in [4.69, 9.17) is 0 Å². The van der Waals surface area contributed by atoms with Gasteiger partial charge in [0, 0.05) is 24.1 Å². The van der Waals surface area contributed by atoms with Crippen molar-refractivity contribution in [2.75, 3.05) is 11.9 Å². The number of benzene rings is 1. The second-order valence-electron chi connectivity index (χ2n) is 6.96. The van der Waals surface area contributed by atoms with Crippen LogP contribution in [0.4, 0.5) is 5.69 Å². The number of likely N-dealkylation sites (N-methyl/N-ethyl adjacent to an activating group) is 1. The maximum Gasteiger partial charge on any atom is 0.245 e. The maximum absolute atomic E-state index is 12.8. The first kappa shape index (κ1) is 21.3. The number of rotatable bonds is 7. The largest absolute Gasteiger partial charge is 0.354 e. The molecule has 0 aliphatic heterocycles. The number of carbonyl (C=O) groups excluding carboxylic acids is 3. The fraction of sp³-hybridized carbons (Fsp3) is 0.550. The Labute approximate surface area is 165 Å². The summed E-state index contributed by atoms with van der Waals surface area (Å²) in [5.74, 6) is -0.319. The van der Waals surface area contributed by atoms with E-state index in [2.05, 4.69) is 16.0 Å². The Morgan fingerprint density at radius 3 is 2.30 bits per heavy atom. The molecule has 0 heterocycles. The highest BCUT2D eigenvalue weighted by Crippen LogP contribution is 2.30. The fourth-order valence-electron chi connectivity index (χ4n) is 3.31. The van der Waals surface area contributed by atoms with Crippen LogP contribution in [-0.2, 0) is 14.4 Å². The van der Waals surface area contributed by atoms with E-state index in [9.17, 15) is 14.4 Å². The van der Waals surface area contributed by atoms with Crippen LogP contribution in [0.3, 0.4) is 0 Å². The van der Waals surface area contributed by atoms with E-state index < -0.39 is 5.54 Å². The number of nitrogens with one attached hydrogen (secondary N) is 3. The summed E-state index contributed by atoms with van der Waals surface area (Å²) < 4.78 is 0. The zero-order valence-corrected chi connectivity index (χ0v) is 17.1. The molecule has 0 saturated heterocycles. The second-order valence-corrected chi connectivity index (χ2v) is 8.37. The minimum atomic E-state index is -0.782. The van der Waals surface area contributed by atoms with Crippen molar-refractivity contribution in [1.82, 2.24) is 10.6 Å². The Kier molecular flexibility index (Phi) is 7.71. The predicted octanol–water partition coefficient (Wildman–Crippen LogP) is 3.08. The van der Waals surface area contributed by atoms with E-state index in [1.54, 1.807) is 0 Å². The average Bonchev–Trinajstić information content (AvgIpc) is 2.63. The van der Waals surface area contributed by atoms with Gasteiger partial charge in [-0.25, -0.2) is 0 Å². The summed E-state index contributed by atoms with van der Waals surface area (Å²) in [5, 5.41) is 8.31. The van der Waals surface area contributed by atoms with E-state index in [1.165, 1.54) is 18.7 Å². The van der Waals surface area contributed by atoms with Crippen LogP contribution < -0.4 is 16.0 Å². The van der Waals surface area contributed by atoms with E-state index in [-0.39, 0.29) is 23.0 Å². The molecule has 148 valence electrons. The summed E-state index contributed by atoms with van der Waals surface area (Å²) in [6, 6.07) is 7.37. The third-order valence-corrected chi connectivity index (χ3v) is 5.81. The van der Waals surface area contributed by atoms with Crippen LogP contribution in [0.15, 0.2) is 29.2 Å². The lowest BCUT2D eigenvalue weighted by molar-refractivity contribution is -0.134. The smallest absolute Gasteiger partial charge is 0.245 e. The van der Waals surface area contributed by atoms with Gasteiger partial charge in [-0.15, -0.1) is 11.8 Å². The van der Waals surface area contributed by atoms with Crippen molar-refractivity contribution in [3.63, 3.8) is 0 Å². The van der Waals surface area contributed by atoms with Crippen LogP contribution >= 0.6 is 11.8 Å². The van der Waals surface area contributed by atoms with Crippen molar-refractivity contribution >= 4 is 35.2 Å². The third-order valence-electron chi connectivity index (χ3n) is 4.70. The summed E-state index contributed by atoms with van der Waals surface area (Å²) in [6.07, 6.45) is 4.37. The lowest BCUT2D eigenvalue weighted by Crippen LogP contribution is -2.60. The Morgan fingerprint density at radius 2 is 1.74 bits per heavy atom. The zero-order chi connectivity index (χ0) is 19.9. The number of amides is 3. The molecule has 1 aliphatic rings. The summed E-state index contributed by atoms with van der Waals surface area (Å²) in [5.41, 5.74) is -0.0588. The number of hydrogen-bond donors (Lipinski definition) is 3. The molecular formula is C20H29N3O3S. The first-order valence-corrected chi connectivity index (χ1v) is 10.4. The molecule has 2 rings (SSSR count). The molecule has 6 nitrogen and oxygen atoms in total. The van der Waals surface area contributed by atoms with Crippen LogP contribution in [0, 0.1) is 0 Å². The number of thioether (sulfide) groups is 1. The van der Waals surface area contributed by atoms with Gasteiger partial charge in [-0.1, -0.05) is 19.3 Å². The van der Waals surface area contributed by atoms with Crippen molar-refractivity contribution < 1.29 is 14.4 Å². The summed E-state index contributed by atoms with van der Waals surface area (Å²) in [4.78, 5) is 37.4. The molecule has 1 unspecified atom stereocenters. The molecule has 1 fully saturated rings. The minimum absolute atomic E-state index is 0.0742.